The SMILES string of the molecule is COc1cc(NCc2ncccc2C)cc([N+](=O)[O-])c1. The van der Waals surface area contributed by atoms with E-state index in [9.17, 15) is 10.1 Å². The first-order chi connectivity index (χ1) is 9.60. The van der Waals surface area contributed by atoms with Crippen LogP contribution in [0, 0.1) is 17.0 Å². The summed E-state index contributed by atoms with van der Waals surface area (Å²) in [5.41, 5.74) is 2.58. The molecule has 0 saturated carbocycles. The second-order valence-electron chi connectivity index (χ2n) is 4.30. The van der Waals surface area contributed by atoms with Gasteiger partial charge in [0.05, 0.1) is 30.3 Å². The summed E-state index contributed by atoms with van der Waals surface area (Å²) < 4.78 is 5.06. The van der Waals surface area contributed by atoms with E-state index in [1.807, 2.05) is 19.1 Å². The Morgan fingerprint density at radius 1 is 1.40 bits per heavy atom. The van der Waals surface area contributed by atoms with Gasteiger partial charge in [-0.05, 0) is 18.6 Å². The van der Waals surface area contributed by atoms with Crippen LogP contribution >= 0.6 is 0 Å². The molecular formula is C14H15N3O3. The van der Waals surface area contributed by atoms with E-state index in [0.29, 0.717) is 18.0 Å². The third-order valence-corrected chi connectivity index (χ3v) is 2.92. The Bertz CT molecular complexity index is 629. The molecule has 2 aromatic rings. The Labute approximate surface area is 116 Å². The zero-order valence-electron chi connectivity index (χ0n) is 11.3. The van der Waals surface area contributed by atoms with Gasteiger partial charge < -0.3 is 10.1 Å². The maximum absolute atomic E-state index is 10.9. The number of nitrogens with zero attached hydrogens (tertiary/aromatic N) is 2. The number of nitro groups is 1. The smallest absolute Gasteiger partial charge is 0.275 e. The van der Waals surface area contributed by atoms with Crippen molar-refractivity contribution in [1.82, 2.24) is 4.98 Å². The minimum Gasteiger partial charge on any atom is -0.496 e. The van der Waals surface area contributed by atoms with Gasteiger partial charge in [0.2, 0.25) is 0 Å². The first-order valence-corrected chi connectivity index (χ1v) is 6.08. The number of hydrogen-bond donors (Lipinski definition) is 1. The van der Waals surface area contributed by atoms with E-state index in [1.54, 1.807) is 12.3 Å². The highest BCUT2D eigenvalue weighted by Gasteiger charge is 2.10. The van der Waals surface area contributed by atoms with Crippen molar-refractivity contribution in [2.24, 2.45) is 0 Å². The van der Waals surface area contributed by atoms with Crippen molar-refractivity contribution >= 4 is 11.4 Å². The van der Waals surface area contributed by atoms with Crippen LogP contribution < -0.4 is 10.1 Å². The average molecular weight is 273 g/mol. The lowest BCUT2D eigenvalue weighted by atomic mass is 10.2. The molecule has 0 radical (unpaired) electrons. The molecule has 0 atom stereocenters. The van der Waals surface area contributed by atoms with Crippen LogP contribution in [0.15, 0.2) is 36.5 Å². The standard InChI is InChI=1S/C14H15N3O3/c1-10-4-3-5-15-14(10)9-16-11-6-12(17(18)19)8-13(7-11)20-2/h3-8,16H,9H2,1-2H3. The zero-order chi connectivity index (χ0) is 14.5. The van der Waals surface area contributed by atoms with E-state index < -0.39 is 4.92 Å². The Hall–Kier alpha value is -2.63. The summed E-state index contributed by atoms with van der Waals surface area (Å²) in [5.74, 6) is 0.444. The molecule has 1 N–H and O–H groups in total. The van der Waals surface area contributed by atoms with E-state index in [0.717, 1.165) is 11.3 Å². The Balaban J connectivity index is 2.19. The fourth-order valence-electron chi connectivity index (χ4n) is 1.80. The lowest BCUT2D eigenvalue weighted by molar-refractivity contribution is -0.384. The molecule has 0 aliphatic rings. The number of aryl methyl sites for hydroxylation is 1. The highest BCUT2D eigenvalue weighted by molar-refractivity contribution is 5.56. The van der Waals surface area contributed by atoms with Crippen molar-refractivity contribution in [3.8, 4) is 5.75 Å². The van der Waals surface area contributed by atoms with Crippen LogP contribution in [0.3, 0.4) is 0 Å². The van der Waals surface area contributed by atoms with Crippen molar-refractivity contribution < 1.29 is 9.66 Å². The molecule has 1 aromatic carbocycles. The van der Waals surface area contributed by atoms with Gasteiger partial charge in [0.15, 0.2) is 0 Å². The molecule has 6 heteroatoms. The number of aromatic nitrogens is 1. The third kappa shape index (κ3) is 3.23. The molecule has 2 rings (SSSR count). The van der Waals surface area contributed by atoms with E-state index in [-0.39, 0.29) is 5.69 Å². The Kier molecular flexibility index (Phi) is 4.14. The molecule has 104 valence electrons. The van der Waals surface area contributed by atoms with Crippen molar-refractivity contribution in [1.29, 1.82) is 0 Å². The summed E-state index contributed by atoms with van der Waals surface area (Å²) in [6.45, 7) is 2.47. The maximum atomic E-state index is 10.9. The monoisotopic (exact) mass is 273 g/mol. The Morgan fingerprint density at radius 2 is 2.20 bits per heavy atom. The summed E-state index contributed by atoms with van der Waals surface area (Å²) >= 11 is 0. The summed E-state index contributed by atoms with van der Waals surface area (Å²) in [5, 5.41) is 14.0. The van der Waals surface area contributed by atoms with Crippen molar-refractivity contribution in [2.45, 2.75) is 13.5 Å². The minimum atomic E-state index is -0.445. The number of ether oxygens (including phenoxy) is 1. The Morgan fingerprint density at radius 3 is 2.85 bits per heavy atom. The lowest BCUT2D eigenvalue weighted by Crippen LogP contribution is -2.04. The van der Waals surface area contributed by atoms with Gasteiger partial charge in [-0.2, -0.15) is 0 Å². The fraction of sp³-hybridized carbons (Fsp3) is 0.214. The van der Waals surface area contributed by atoms with Crippen LogP contribution in [-0.2, 0) is 6.54 Å². The summed E-state index contributed by atoms with van der Waals surface area (Å²) in [6, 6.07) is 8.41. The van der Waals surface area contributed by atoms with E-state index in [4.69, 9.17) is 4.74 Å². The van der Waals surface area contributed by atoms with Crippen molar-refractivity contribution in [3.63, 3.8) is 0 Å². The van der Waals surface area contributed by atoms with Crippen LogP contribution in [0.1, 0.15) is 11.3 Å². The predicted molar refractivity (Wildman–Crippen MR) is 75.9 cm³/mol. The molecular weight excluding hydrogens is 258 g/mol. The second-order valence-corrected chi connectivity index (χ2v) is 4.30. The minimum absolute atomic E-state index is 0.00964. The quantitative estimate of drug-likeness (QED) is 0.669. The normalized spacial score (nSPS) is 10.1. The first kappa shape index (κ1) is 13.8. The largest absolute Gasteiger partial charge is 0.496 e. The highest BCUT2D eigenvalue weighted by atomic mass is 16.6. The van der Waals surface area contributed by atoms with Gasteiger partial charge in [-0.25, -0.2) is 0 Å². The topological polar surface area (TPSA) is 77.3 Å². The highest BCUT2D eigenvalue weighted by Crippen LogP contribution is 2.26. The molecule has 0 saturated heterocycles. The van der Waals surface area contributed by atoms with Gasteiger partial charge in [-0.3, -0.25) is 15.1 Å². The predicted octanol–water partition coefficient (Wildman–Crippen LogP) is 2.92. The third-order valence-electron chi connectivity index (χ3n) is 2.92. The molecule has 1 heterocycles. The van der Waals surface area contributed by atoms with Crippen LogP contribution in [0.4, 0.5) is 11.4 Å². The first-order valence-electron chi connectivity index (χ1n) is 6.08. The van der Waals surface area contributed by atoms with E-state index >= 15 is 0 Å². The fourth-order valence-corrected chi connectivity index (χ4v) is 1.80. The zero-order valence-corrected chi connectivity index (χ0v) is 11.3. The van der Waals surface area contributed by atoms with Gasteiger partial charge >= 0.3 is 0 Å². The van der Waals surface area contributed by atoms with Crippen LogP contribution in [0.25, 0.3) is 0 Å². The number of nitro benzene ring substituents is 1. The van der Waals surface area contributed by atoms with Crippen molar-refractivity contribution in [3.05, 3.63) is 57.9 Å². The molecule has 0 unspecified atom stereocenters. The van der Waals surface area contributed by atoms with Gasteiger partial charge in [0.25, 0.3) is 5.69 Å². The maximum Gasteiger partial charge on any atom is 0.275 e. The molecule has 6 nitrogen and oxygen atoms in total. The van der Waals surface area contributed by atoms with E-state index in [1.165, 1.54) is 19.2 Å². The molecule has 1 aromatic heterocycles. The number of hydrogen-bond acceptors (Lipinski definition) is 5. The van der Waals surface area contributed by atoms with Crippen LogP contribution in [-0.4, -0.2) is 17.0 Å². The number of nitrogens with one attached hydrogen (secondary N) is 1. The van der Waals surface area contributed by atoms with Gasteiger partial charge in [0, 0.05) is 24.0 Å². The van der Waals surface area contributed by atoms with Gasteiger partial charge in [-0.1, -0.05) is 6.07 Å². The second kappa shape index (κ2) is 6.01. The molecule has 0 amide bonds. The number of rotatable bonds is 5. The molecule has 0 spiro atoms. The number of anilines is 1. The molecule has 0 fully saturated rings. The molecule has 0 aliphatic carbocycles. The van der Waals surface area contributed by atoms with E-state index in [2.05, 4.69) is 10.3 Å². The average Bonchev–Trinajstić information content (AvgIpc) is 2.46. The molecule has 20 heavy (non-hydrogen) atoms. The lowest BCUT2D eigenvalue weighted by Gasteiger charge is -2.09. The molecule has 0 bridgehead atoms. The van der Waals surface area contributed by atoms with Gasteiger partial charge in [0.1, 0.15) is 5.75 Å². The number of non-ortho nitro benzene ring substituents is 1. The van der Waals surface area contributed by atoms with Gasteiger partial charge in [-0.15, -0.1) is 0 Å². The summed E-state index contributed by atoms with van der Waals surface area (Å²) in [4.78, 5) is 14.7. The van der Waals surface area contributed by atoms with Crippen molar-refractivity contribution in [2.75, 3.05) is 12.4 Å². The number of pyridine rings is 1. The van der Waals surface area contributed by atoms with Crippen LogP contribution in [0.5, 0.6) is 5.75 Å². The molecule has 0 aliphatic heterocycles. The van der Waals surface area contributed by atoms with Crippen LogP contribution in [0.2, 0.25) is 0 Å². The summed E-state index contributed by atoms with van der Waals surface area (Å²) in [6.07, 6.45) is 1.72. The summed E-state index contributed by atoms with van der Waals surface area (Å²) in [7, 11) is 1.48. The number of methoxy groups -OCH3 is 1. The number of benzene rings is 1.